The molecule has 2 N–H and O–H groups in total. The van der Waals surface area contributed by atoms with Gasteiger partial charge in [-0.1, -0.05) is 23.9 Å². The molecule has 0 saturated heterocycles. The maximum Gasteiger partial charge on any atom is 0.251 e. The molecule has 0 radical (unpaired) electrons. The molecule has 0 aliphatic rings. The van der Waals surface area contributed by atoms with Crippen LogP contribution >= 0.6 is 11.8 Å². The van der Waals surface area contributed by atoms with Gasteiger partial charge < -0.3 is 29.6 Å². The Morgan fingerprint density at radius 2 is 1.46 bits per heavy atom. The predicted octanol–water partition coefficient (Wildman–Crippen LogP) is 6.14. The summed E-state index contributed by atoms with van der Waals surface area (Å²) in [7, 11) is 0. The highest BCUT2D eigenvalue weighted by Gasteiger charge is 2.21. The highest BCUT2D eigenvalue weighted by molar-refractivity contribution is 7.99. The lowest BCUT2D eigenvalue weighted by molar-refractivity contribution is -0.113. The number of carbonyl (C=O) groups is 2. The first-order valence-electron chi connectivity index (χ1n) is 15.3. The Balaban J connectivity index is 1.57. The van der Waals surface area contributed by atoms with Gasteiger partial charge in [-0.15, -0.1) is 10.2 Å². The van der Waals surface area contributed by atoms with E-state index in [1.54, 1.807) is 12.1 Å². The second-order valence-corrected chi connectivity index (χ2v) is 11.0. The van der Waals surface area contributed by atoms with E-state index in [2.05, 4.69) is 20.8 Å². The van der Waals surface area contributed by atoms with Crippen LogP contribution in [-0.2, 0) is 11.3 Å². The third-order valence-electron chi connectivity index (χ3n) is 6.68. The lowest BCUT2D eigenvalue weighted by Crippen LogP contribution is -2.25. The van der Waals surface area contributed by atoms with E-state index in [4.69, 9.17) is 18.9 Å². The van der Waals surface area contributed by atoms with Crippen molar-refractivity contribution in [1.82, 2.24) is 20.1 Å². The van der Waals surface area contributed by atoms with Crippen molar-refractivity contribution in [2.75, 3.05) is 37.5 Å². The number of aryl methyl sites for hydroxylation is 2. The van der Waals surface area contributed by atoms with E-state index in [1.165, 1.54) is 11.8 Å². The Morgan fingerprint density at radius 3 is 2.09 bits per heavy atom. The third kappa shape index (κ3) is 8.72. The van der Waals surface area contributed by atoms with Crippen LogP contribution < -0.4 is 29.6 Å². The van der Waals surface area contributed by atoms with Crippen LogP contribution in [0.2, 0.25) is 0 Å². The smallest absolute Gasteiger partial charge is 0.251 e. The summed E-state index contributed by atoms with van der Waals surface area (Å²) in [5.74, 6) is 2.11. The summed E-state index contributed by atoms with van der Waals surface area (Å²) in [6, 6.07) is 16.7. The number of nitrogens with one attached hydrogen (secondary N) is 2. The van der Waals surface area contributed by atoms with E-state index in [1.807, 2.05) is 88.6 Å². The zero-order valence-corrected chi connectivity index (χ0v) is 28.0. The molecule has 0 spiro atoms. The lowest BCUT2D eigenvalue weighted by Gasteiger charge is -2.17. The van der Waals surface area contributed by atoms with E-state index in [0.717, 1.165) is 28.3 Å². The summed E-state index contributed by atoms with van der Waals surface area (Å²) >= 11 is 1.25. The van der Waals surface area contributed by atoms with Crippen molar-refractivity contribution in [1.29, 1.82) is 0 Å². The first-order chi connectivity index (χ1) is 22.3. The molecule has 0 aliphatic carbocycles. The topological polar surface area (TPSA) is 126 Å². The molecule has 0 saturated carbocycles. The fraction of sp³-hybridized carbons (Fsp3) is 0.353. The summed E-state index contributed by atoms with van der Waals surface area (Å²) in [4.78, 5) is 26.3. The Labute approximate surface area is 274 Å². The number of rotatable bonds is 16. The molecule has 0 aliphatic heterocycles. The number of thioether (sulfide) groups is 1. The molecule has 0 bridgehead atoms. The maximum atomic E-state index is 13.4. The van der Waals surface area contributed by atoms with E-state index < -0.39 is 0 Å². The van der Waals surface area contributed by atoms with Gasteiger partial charge in [-0.05, 0) is 95.1 Å². The van der Waals surface area contributed by atoms with Gasteiger partial charge in [0.15, 0.2) is 22.5 Å². The van der Waals surface area contributed by atoms with Crippen molar-refractivity contribution < 1.29 is 28.5 Å². The number of amides is 2. The van der Waals surface area contributed by atoms with Crippen LogP contribution in [0.4, 0.5) is 5.69 Å². The van der Waals surface area contributed by atoms with Gasteiger partial charge in [0, 0.05) is 16.9 Å². The Bertz CT molecular complexity index is 1610. The molecular formula is C34H41N5O6S. The molecule has 1 heterocycles. The van der Waals surface area contributed by atoms with Crippen LogP contribution in [0.1, 0.15) is 55.0 Å². The van der Waals surface area contributed by atoms with Crippen molar-refractivity contribution in [3.05, 3.63) is 77.1 Å². The number of nitrogens with zero attached hydrogens (tertiary/aromatic N) is 3. The van der Waals surface area contributed by atoms with Crippen molar-refractivity contribution in [2.45, 2.75) is 53.2 Å². The van der Waals surface area contributed by atoms with Gasteiger partial charge in [-0.3, -0.25) is 14.2 Å². The zero-order valence-electron chi connectivity index (χ0n) is 27.1. The van der Waals surface area contributed by atoms with E-state index in [-0.39, 0.29) is 24.1 Å². The molecule has 244 valence electrons. The van der Waals surface area contributed by atoms with Crippen LogP contribution in [0.5, 0.6) is 23.0 Å². The first kappa shape index (κ1) is 34.2. The van der Waals surface area contributed by atoms with Gasteiger partial charge in [0.25, 0.3) is 5.91 Å². The minimum absolute atomic E-state index is 0.0649. The monoisotopic (exact) mass is 647 g/mol. The third-order valence-corrected chi connectivity index (χ3v) is 7.61. The quantitative estimate of drug-likeness (QED) is 0.138. The molecule has 46 heavy (non-hydrogen) atoms. The first-order valence-corrected chi connectivity index (χ1v) is 16.3. The van der Waals surface area contributed by atoms with Crippen molar-refractivity contribution in [3.63, 3.8) is 0 Å². The van der Waals surface area contributed by atoms with Gasteiger partial charge in [0.1, 0.15) is 5.75 Å². The maximum absolute atomic E-state index is 13.4. The number of anilines is 1. The van der Waals surface area contributed by atoms with E-state index in [9.17, 15) is 9.59 Å². The van der Waals surface area contributed by atoms with E-state index >= 15 is 0 Å². The average Bonchev–Trinajstić information content (AvgIpc) is 3.45. The molecule has 0 unspecified atom stereocenters. The molecule has 4 rings (SSSR count). The summed E-state index contributed by atoms with van der Waals surface area (Å²) in [5.41, 5.74) is 3.92. The second kappa shape index (κ2) is 16.6. The molecule has 0 atom stereocenters. The summed E-state index contributed by atoms with van der Waals surface area (Å²) in [6.45, 7) is 13.3. The summed E-state index contributed by atoms with van der Waals surface area (Å²) in [5, 5.41) is 15.2. The summed E-state index contributed by atoms with van der Waals surface area (Å²) in [6.07, 6.45) is 0. The molecule has 2 amide bonds. The number of hydrogen-bond acceptors (Lipinski definition) is 9. The largest absolute Gasteiger partial charge is 0.494 e. The second-order valence-electron chi connectivity index (χ2n) is 10.1. The van der Waals surface area contributed by atoms with Crippen LogP contribution in [0.3, 0.4) is 0 Å². The molecular weight excluding hydrogens is 606 g/mol. The highest BCUT2D eigenvalue weighted by atomic mass is 32.2. The van der Waals surface area contributed by atoms with Crippen molar-refractivity contribution in [2.24, 2.45) is 0 Å². The van der Waals surface area contributed by atoms with Crippen LogP contribution in [0.15, 0.2) is 59.8 Å². The number of aromatic nitrogens is 3. The van der Waals surface area contributed by atoms with Gasteiger partial charge in [0.2, 0.25) is 11.7 Å². The molecule has 4 aromatic rings. The van der Waals surface area contributed by atoms with Crippen LogP contribution in [-0.4, -0.2) is 58.8 Å². The van der Waals surface area contributed by atoms with Gasteiger partial charge in [-0.25, -0.2) is 0 Å². The van der Waals surface area contributed by atoms with Crippen LogP contribution in [0.25, 0.3) is 5.69 Å². The van der Waals surface area contributed by atoms with Crippen LogP contribution in [0, 0.1) is 13.8 Å². The molecule has 11 nitrogen and oxygen atoms in total. The Morgan fingerprint density at radius 1 is 0.804 bits per heavy atom. The summed E-state index contributed by atoms with van der Waals surface area (Å²) < 4.78 is 24.8. The van der Waals surface area contributed by atoms with Gasteiger partial charge >= 0.3 is 0 Å². The van der Waals surface area contributed by atoms with E-state index in [0.29, 0.717) is 60.2 Å². The Hall–Kier alpha value is -4.71. The molecule has 0 fully saturated rings. The molecule has 1 aromatic heterocycles. The molecule has 3 aromatic carbocycles. The zero-order chi connectivity index (χ0) is 33.1. The molecule has 12 heteroatoms. The number of ether oxygens (including phenoxy) is 4. The minimum atomic E-state index is -0.353. The normalized spacial score (nSPS) is 10.7. The number of carbonyl (C=O) groups excluding carboxylic acids is 2. The fourth-order valence-corrected chi connectivity index (χ4v) is 5.36. The van der Waals surface area contributed by atoms with Gasteiger partial charge in [-0.2, -0.15) is 0 Å². The predicted molar refractivity (Wildman–Crippen MR) is 179 cm³/mol. The average molecular weight is 648 g/mol. The number of hydrogen-bond donors (Lipinski definition) is 2. The van der Waals surface area contributed by atoms with Gasteiger partial charge in [0.05, 0.1) is 38.7 Å². The highest BCUT2D eigenvalue weighted by Crippen LogP contribution is 2.39. The fourth-order valence-electron chi connectivity index (χ4n) is 4.59. The number of benzene rings is 3. The lowest BCUT2D eigenvalue weighted by atomic mass is 10.1. The van der Waals surface area contributed by atoms with Crippen molar-refractivity contribution in [3.8, 4) is 28.7 Å². The van der Waals surface area contributed by atoms with Crippen molar-refractivity contribution >= 4 is 29.3 Å². The minimum Gasteiger partial charge on any atom is -0.494 e. The standard InChI is InChI=1S/C34H41N5O6S/c1-7-42-26-15-13-25(14-16-26)39-30(37-38-34(39)46-21-31(40)36-27-17-22(5)11-12-23(27)6)20-35-33(41)24-18-28(43-8-2)32(45-10-4)29(19-24)44-9-3/h11-19H,7-10,20-21H2,1-6H3,(H,35,41)(H,36,40). The SMILES string of the molecule is CCOc1ccc(-n2c(CNC(=O)c3cc(OCC)c(OCC)c(OCC)c3)nnc2SCC(=O)Nc2cc(C)ccc2C)cc1. The Kier molecular flexibility index (Phi) is 12.3.